The van der Waals surface area contributed by atoms with Crippen molar-refractivity contribution in [3.8, 4) is 5.75 Å². The van der Waals surface area contributed by atoms with E-state index in [0.29, 0.717) is 24.5 Å². The Hall–Kier alpha value is -1.27. The first-order chi connectivity index (χ1) is 7.99. The van der Waals surface area contributed by atoms with Gasteiger partial charge in [-0.2, -0.15) is 12.7 Å². The summed E-state index contributed by atoms with van der Waals surface area (Å²) in [5.74, 6) is 0.549. The third-order valence-electron chi connectivity index (χ3n) is 2.23. The Balaban J connectivity index is 2.20. The molecule has 0 aliphatic carbocycles. The van der Waals surface area contributed by atoms with Crippen molar-refractivity contribution in [1.82, 2.24) is 4.31 Å². The SMILES string of the molecule is CC(C)Oc1ccccc1NS(=O)(=O)N1CC1. The molecule has 0 atom stereocenters. The highest BCUT2D eigenvalue weighted by molar-refractivity contribution is 7.90. The maximum Gasteiger partial charge on any atom is 0.301 e. The van der Waals surface area contributed by atoms with Gasteiger partial charge in [0, 0.05) is 13.1 Å². The van der Waals surface area contributed by atoms with Gasteiger partial charge in [0.1, 0.15) is 5.75 Å². The first kappa shape index (κ1) is 12.2. The number of nitrogens with zero attached hydrogens (tertiary/aromatic N) is 1. The molecule has 0 amide bonds. The number of nitrogens with one attached hydrogen (secondary N) is 1. The van der Waals surface area contributed by atoms with Crippen molar-refractivity contribution in [1.29, 1.82) is 0 Å². The summed E-state index contributed by atoms with van der Waals surface area (Å²) in [7, 11) is -3.40. The van der Waals surface area contributed by atoms with Crippen LogP contribution < -0.4 is 9.46 Å². The summed E-state index contributed by atoms with van der Waals surface area (Å²) < 4.78 is 33.0. The summed E-state index contributed by atoms with van der Waals surface area (Å²) in [4.78, 5) is 0. The lowest BCUT2D eigenvalue weighted by atomic mass is 10.3. The van der Waals surface area contributed by atoms with Gasteiger partial charge >= 0.3 is 10.2 Å². The number of para-hydroxylation sites is 2. The minimum Gasteiger partial charge on any atom is -0.489 e. The number of anilines is 1. The van der Waals surface area contributed by atoms with E-state index < -0.39 is 10.2 Å². The van der Waals surface area contributed by atoms with Crippen LogP contribution in [-0.2, 0) is 10.2 Å². The summed E-state index contributed by atoms with van der Waals surface area (Å²) in [6, 6.07) is 7.03. The van der Waals surface area contributed by atoms with Gasteiger partial charge in [-0.1, -0.05) is 12.1 Å². The standard InChI is InChI=1S/C11H16N2O3S/c1-9(2)16-11-6-4-3-5-10(11)12-17(14,15)13-7-8-13/h3-6,9,12H,7-8H2,1-2H3. The van der Waals surface area contributed by atoms with E-state index in [1.807, 2.05) is 19.9 Å². The molecule has 1 saturated heterocycles. The second-order valence-corrected chi connectivity index (χ2v) is 5.84. The average molecular weight is 256 g/mol. The molecule has 0 bridgehead atoms. The molecule has 1 aliphatic rings. The third kappa shape index (κ3) is 3.10. The van der Waals surface area contributed by atoms with E-state index in [-0.39, 0.29) is 6.10 Å². The molecule has 1 fully saturated rings. The average Bonchev–Trinajstić information content (AvgIpc) is 3.03. The zero-order valence-corrected chi connectivity index (χ0v) is 10.7. The minimum absolute atomic E-state index is 0.00175. The van der Waals surface area contributed by atoms with Crippen LogP contribution in [-0.4, -0.2) is 31.9 Å². The first-order valence-corrected chi connectivity index (χ1v) is 6.96. The molecular formula is C11H16N2O3S. The highest BCUT2D eigenvalue weighted by Gasteiger charge is 2.32. The summed E-state index contributed by atoms with van der Waals surface area (Å²) in [6.07, 6.45) is 0.00175. The van der Waals surface area contributed by atoms with Gasteiger partial charge in [0.2, 0.25) is 0 Å². The van der Waals surface area contributed by atoms with Gasteiger partial charge in [0.15, 0.2) is 0 Å². The number of hydrogen-bond acceptors (Lipinski definition) is 3. The number of benzene rings is 1. The zero-order valence-electron chi connectivity index (χ0n) is 9.88. The molecular weight excluding hydrogens is 240 g/mol. The Bertz CT molecular complexity index is 495. The van der Waals surface area contributed by atoms with Crippen LogP contribution >= 0.6 is 0 Å². The predicted octanol–water partition coefficient (Wildman–Crippen LogP) is 1.45. The van der Waals surface area contributed by atoms with Gasteiger partial charge in [0.25, 0.3) is 0 Å². The summed E-state index contributed by atoms with van der Waals surface area (Å²) >= 11 is 0. The molecule has 1 aliphatic heterocycles. The minimum atomic E-state index is -3.40. The van der Waals surface area contributed by atoms with Crippen LogP contribution in [0.25, 0.3) is 0 Å². The summed E-state index contributed by atoms with van der Waals surface area (Å²) in [5, 5.41) is 0. The van der Waals surface area contributed by atoms with Crippen LogP contribution in [0.3, 0.4) is 0 Å². The Morgan fingerprint density at radius 3 is 2.53 bits per heavy atom. The highest BCUT2D eigenvalue weighted by atomic mass is 32.2. The van der Waals surface area contributed by atoms with E-state index in [4.69, 9.17) is 4.74 Å². The molecule has 1 aromatic carbocycles. The molecule has 0 saturated carbocycles. The van der Waals surface area contributed by atoms with Crippen molar-refractivity contribution >= 4 is 15.9 Å². The molecule has 1 N–H and O–H groups in total. The van der Waals surface area contributed by atoms with E-state index in [9.17, 15) is 8.42 Å². The van der Waals surface area contributed by atoms with E-state index >= 15 is 0 Å². The molecule has 1 heterocycles. The Kier molecular flexibility index (Phi) is 3.26. The second-order valence-electron chi connectivity index (χ2n) is 4.17. The van der Waals surface area contributed by atoms with Gasteiger partial charge in [-0.3, -0.25) is 4.72 Å². The molecule has 0 spiro atoms. The van der Waals surface area contributed by atoms with Crippen molar-refractivity contribution in [3.05, 3.63) is 24.3 Å². The molecule has 0 radical (unpaired) electrons. The number of ether oxygens (including phenoxy) is 1. The molecule has 94 valence electrons. The van der Waals surface area contributed by atoms with Gasteiger partial charge in [-0.25, -0.2) is 0 Å². The van der Waals surface area contributed by atoms with E-state index in [1.165, 1.54) is 4.31 Å². The third-order valence-corrected chi connectivity index (χ3v) is 3.76. The van der Waals surface area contributed by atoms with Crippen molar-refractivity contribution in [2.24, 2.45) is 0 Å². The normalized spacial score (nSPS) is 15.9. The first-order valence-electron chi connectivity index (χ1n) is 5.52. The molecule has 6 heteroatoms. The molecule has 0 aromatic heterocycles. The number of rotatable bonds is 5. The smallest absolute Gasteiger partial charge is 0.301 e. The second kappa shape index (κ2) is 4.54. The Morgan fingerprint density at radius 1 is 1.29 bits per heavy atom. The van der Waals surface area contributed by atoms with Crippen LogP contribution in [0.4, 0.5) is 5.69 Å². The van der Waals surface area contributed by atoms with Crippen LogP contribution in [0.2, 0.25) is 0 Å². The van der Waals surface area contributed by atoms with Crippen LogP contribution in [0.1, 0.15) is 13.8 Å². The monoisotopic (exact) mass is 256 g/mol. The van der Waals surface area contributed by atoms with Crippen LogP contribution in [0.15, 0.2) is 24.3 Å². The molecule has 1 aromatic rings. The molecule has 0 unspecified atom stereocenters. The highest BCUT2D eigenvalue weighted by Crippen LogP contribution is 2.27. The van der Waals surface area contributed by atoms with Crippen molar-refractivity contribution < 1.29 is 13.2 Å². The van der Waals surface area contributed by atoms with E-state index in [1.54, 1.807) is 18.2 Å². The van der Waals surface area contributed by atoms with Gasteiger partial charge in [0.05, 0.1) is 11.8 Å². The molecule has 5 nitrogen and oxygen atoms in total. The van der Waals surface area contributed by atoms with Crippen LogP contribution in [0, 0.1) is 0 Å². The van der Waals surface area contributed by atoms with Crippen LogP contribution in [0.5, 0.6) is 5.75 Å². The largest absolute Gasteiger partial charge is 0.489 e. The van der Waals surface area contributed by atoms with Crippen molar-refractivity contribution in [2.75, 3.05) is 17.8 Å². The quantitative estimate of drug-likeness (QED) is 0.811. The fourth-order valence-corrected chi connectivity index (χ4v) is 2.53. The lowest BCUT2D eigenvalue weighted by Crippen LogP contribution is -2.21. The predicted molar refractivity (Wildman–Crippen MR) is 66.3 cm³/mol. The van der Waals surface area contributed by atoms with Crippen molar-refractivity contribution in [2.45, 2.75) is 20.0 Å². The van der Waals surface area contributed by atoms with Gasteiger partial charge in [-0.05, 0) is 26.0 Å². The lowest BCUT2D eigenvalue weighted by molar-refractivity contribution is 0.244. The molecule has 17 heavy (non-hydrogen) atoms. The maximum atomic E-state index is 11.8. The number of hydrogen-bond donors (Lipinski definition) is 1. The fraction of sp³-hybridized carbons (Fsp3) is 0.455. The Morgan fingerprint density at radius 2 is 1.94 bits per heavy atom. The fourth-order valence-electron chi connectivity index (χ4n) is 1.39. The Labute approximate surface area is 102 Å². The summed E-state index contributed by atoms with van der Waals surface area (Å²) in [5.41, 5.74) is 0.480. The molecule has 2 rings (SSSR count). The van der Waals surface area contributed by atoms with Gasteiger partial charge < -0.3 is 4.74 Å². The topological polar surface area (TPSA) is 58.4 Å². The van der Waals surface area contributed by atoms with E-state index in [0.717, 1.165) is 0 Å². The zero-order chi connectivity index (χ0) is 12.5. The maximum absolute atomic E-state index is 11.8. The van der Waals surface area contributed by atoms with Crippen molar-refractivity contribution in [3.63, 3.8) is 0 Å². The summed E-state index contributed by atoms with van der Waals surface area (Å²) in [6.45, 7) is 4.97. The van der Waals surface area contributed by atoms with E-state index in [2.05, 4.69) is 4.72 Å². The van der Waals surface area contributed by atoms with Gasteiger partial charge in [-0.15, -0.1) is 0 Å². The lowest BCUT2D eigenvalue weighted by Gasteiger charge is -2.15.